The van der Waals surface area contributed by atoms with Crippen molar-refractivity contribution in [2.75, 3.05) is 13.1 Å². The largest absolute Gasteiger partial charge is 0.474 e. The smallest absolute Gasteiger partial charge is 0.419 e. The Bertz CT molecular complexity index is 1710. The lowest BCUT2D eigenvalue weighted by Gasteiger charge is -2.22. The number of amides is 1. The minimum absolute atomic E-state index is 0.0224. The predicted molar refractivity (Wildman–Crippen MR) is 147 cm³/mol. The van der Waals surface area contributed by atoms with Gasteiger partial charge >= 0.3 is 6.18 Å². The van der Waals surface area contributed by atoms with Crippen molar-refractivity contribution in [1.29, 1.82) is 0 Å². The van der Waals surface area contributed by atoms with Crippen LogP contribution in [-0.4, -0.2) is 49.9 Å². The molecule has 0 bridgehead atoms. The molecule has 3 atom stereocenters. The molecule has 3 aromatic heterocycles. The standard InChI is InChI=1S/C29H25F5N6O2S/c1-13-24(43-26(38-13)25-36-7-4-8-37-25)27(41)40-11-16-17(12-40)23(16)42-20-10-14(28(2,3)35)9-19(39-20)15-5-6-18(29(32,33)34)22(31)21(15)30/h4-10,16-17,23H,11-12,35H2,1-3H3/t16-,17+,23-. The number of pyridine rings is 1. The van der Waals surface area contributed by atoms with Crippen molar-refractivity contribution in [3.63, 3.8) is 0 Å². The van der Waals surface area contributed by atoms with Crippen LogP contribution in [0.1, 0.15) is 40.3 Å². The Kier molecular flexibility index (Phi) is 6.96. The number of carbonyl (C=O) groups is 1. The molecule has 2 aliphatic rings. The van der Waals surface area contributed by atoms with E-state index >= 15 is 0 Å². The van der Waals surface area contributed by atoms with Gasteiger partial charge in [0.15, 0.2) is 22.5 Å². The van der Waals surface area contributed by atoms with E-state index in [1.807, 2.05) is 0 Å². The van der Waals surface area contributed by atoms with E-state index in [-0.39, 0.29) is 35.4 Å². The van der Waals surface area contributed by atoms with Crippen LogP contribution in [0.15, 0.2) is 42.7 Å². The molecule has 224 valence electrons. The summed E-state index contributed by atoms with van der Waals surface area (Å²) in [5.74, 6) is -3.25. The lowest BCUT2D eigenvalue weighted by molar-refractivity contribution is -0.140. The third kappa shape index (κ3) is 5.44. The molecule has 2 fully saturated rings. The van der Waals surface area contributed by atoms with Crippen LogP contribution in [0.4, 0.5) is 22.0 Å². The van der Waals surface area contributed by atoms with Crippen LogP contribution in [0.25, 0.3) is 22.1 Å². The number of thiazole rings is 1. The van der Waals surface area contributed by atoms with Gasteiger partial charge in [-0.05, 0) is 50.6 Å². The van der Waals surface area contributed by atoms with E-state index < -0.39 is 34.5 Å². The number of hydrogen-bond acceptors (Lipinski definition) is 8. The fourth-order valence-electron chi connectivity index (χ4n) is 5.24. The number of likely N-dealkylation sites (tertiary alicyclic amines) is 1. The van der Waals surface area contributed by atoms with Gasteiger partial charge in [-0.15, -0.1) is 11.3 Å². The summed E-state index contributed by atoms with van der Waals surface area (Å²) in [4.78, 5) is 32.7. The average Bonchev–Trinajstić information content (AvgIpc) is 3.26. The van der Waals surface area contributed by atoms with E-state index in [2.05, 4.69) is 19.9 Å². The Labute approximate surface area is 246 Å². The molecular weight excluding hydrogens is 591 g/mol. The third-order valence-electron chi connectivity index (χ3n) is 7.62. The van der Waals surface area contributed by atoms with E-state index in [1.54, 1.807) is 50.2 Å². The van der Waals surface area contributed by atoms with Gasteiger partial charge < -0.3 is 15.4 Å². The Morgan fingerprint density at radius 1 is 1.05 bits per heavy atom. The molecule has 1 saturated heterocycles. The number of piperidine rings is 1. The fourth-order valence-corrected chi connectivity index (χ4v) is 6.22. The highest BCUT2D eigenvalue weighted by Crippen LogP contribution is 2.49. The van der Waals surface area contributed by atoms with Crippen LogP contribution < -0.4 is 10.5 Å². The molecule has 0 unspecified atom stereocenters. The van der Waals surface area contributed by atoms with Crippen LogP contribution in [0, 0.1) is 30.4 Å². The van der Waals surface area contributed by atoms with Gasteiger partial charge in [-0.25, -0.2) is 28.7 Å². The number of ether oxygens (including phenoxy) is 1. The van der Waals surface area contributed by atoms with Crippen molar-refractivity contribution in [3.8, 4) is 28.0 Å². The topological polar surface area (TPSA) is 107 Å². The van der Waals surface area contributed by atoms with Crippen molar-refractivity contribution in [2.45, 2.75) is 38.6 Å². The molecule has 1 aliphatic heterocycles. The Morgan fingerprint density at radius 2 is 1.72 bits per heavy atom. The minimum atomic E-state index is -5.05. The number of fused-ring (bicyclic) bond motifs is 1. The number of benzene rings is 1. The molecular formula is C29H25F5N6O2S. The molecule has 43 heavy (non-hydrogen) atoms. The monoisotopic (exact) mass is 616 g/mol. The molecule has 1 saturated carbocycles. The number of alkyl halides is 3. The number of aryl methyl sites for hydroxylation is 1. The molecule has 1 aromatic carbocycles. The molecule has 4 aromatic rings. The summed E-state index contributed by atoms with van der Waals surface area (Å²) in [6.45, 7) is 6.02. The summed E-state index contributed by atoms with van der Waals surface area (Å²) in [5.41, 5.74) is 4.10. The van der Waals surface area contributed by atoms with Crippen LogP contribution in [0.3, 0.4) is 0 Å². The third-order valence-corrected chi connectivity index (χ3v) is 8.76. The first-order valence-electron chi connectivity index (χ1n) is 13.3. The molecule has 0 radical (unpaired) electrons. The summed E-state index contributed by atoms with van der Waals surface area (Å²) < 4.78 is 74.6. The normalized spacial score (nSPS) is 19.8. The number of hydrogen-bond donors (Lipinski definition) is 1. The van der Waals surface area contributed by atoms with Gasteiger partial charge in [0.1, 0.15) is 11.0 Å². The summed E-state index contributed by atoms with van der Waals surface area (Å²) in [6.07, 6.45) is -2.13. The van der Waals surface area contributed by atoms with E-state index in [0.717, 1.165) is 6.07 Å². The number of aromatic nitrogens is 4. The Hall–Kier alpha value is -4.04. The van der Waals surface area contributed by atoms with Crippen LogP contribution >= 0.6 is 11.3 Å². The molecule has 14 heteroatoms. The van der Waals surface area contributed by atoms with Crippen molar-refractivity contribution >= 4 is 17.2 Å². The maximum Gasteiger partial charge on any atom is 0.419 e. The van der Waals surface area contributed by atoms with Crippen LogP contribution in [-0.2, 0) is 11.7 Å². The van der Waals surface area contributed by atoms with Crippen LogP contribution in [0.5, 0.6) is 5.88 Å². The SMILES string of the molecule is Cc1nc(-c2ncccn2)sc1C(=O)N1C[C@@H]2[C@H](C1)[C@@H]2Oc1cc(C(C)(C)N)cc(-c2ccc(C(F)(F)F)c(F)c2F)n1. The number of rotatable bonds is 6. The van der Waals surface area contributed by atoms with Crippen molar-refractivity contribution in [1.82, 2.24) is 24.8 Å². The van der Waals surface area contributed by atoms with Crippen molar-refractivity contribution < 1.29 is 31.5 Å². The number of nitrogens with zero attached hydrogens (tertiary/aromatic N) is 5. The molecule has 1 aliphatic carbocycles. The second kappa shape index (κ2) is 10.3. The van der Waals surface area contributed by atoms with Gasteiger partial charge in [0.25, 0.3) is 5.91 Å². The van der Waals surface area contributed by atoms with Gasteiger partial charge in [-0.3, -0.25) is 4.79 Å². The summed E-state index contributed by atoms with van der Waals surface area (Å²) >= 11 is 1.23. The summed E-state index contributed by atoms with van der Waals surface area (Å²) in [7, 11) is 0. The summed E-state index contributed by atoms with van der Waals surface area (Å²) in [6, 6.07) is 5.99. The fraction of sp³-hybridized carbons (Fsp3) is 0.345. The average molecular weight is 617 g/mol. The first-order valence-corrected chi connectivity index (χ1v) is 14.1. The van der Waals surface area contributed by atoms with Crippen molar-refractivity contribution in [3.05, 3.63) is 76.1 Å². The molecule has 4 heterocycles. The number of carbonyl (C=O) groups excluding carboxylic acids is 1. The van der Waals surface area contributed by atoms with Crippen molar-refractivity contribution in [2.24, 2.45) is 17.6 Å². The molecule has 2 N–H and O–H groups in total. The highest BCUT2D eigenvalue weighted by Gasteiger charge is 2.59. The highest BCUT2D eigenvalue weighted by atomic mass is 32.1. The van der Waals surface area contributed by atoms with Gasteiger partial charge in [0, 0.05) is 54.5 Å². The maximum atomic E-state index is 14.9. The Morgan fingerprint density at radius 3 is 2.35 bits per heavy atom. The van der Waals surface area contributed by atoms with Gasteiger partial charge in [-0.2, -0.15) is 13.2 Å². The zero-order valence-corrected chi connectivity index (χ0v) is 23.9. The maximum absolute atomic E-state index is 14.9. The first kappa shape index (κ1) is 29.1. The molecule has 8 nitrogen and oxygen atoms in total. The lowest BCUT2D eigenvalue weighted by Crippen LogP contribution is -2.33. The van der Waals surface area contributed by atoms with Crippen LogP contribution in [0.2, 0.25) is 0 Å². The summed E-state index contributed by atoms with van der Waals surface area (Å²) in [5, 5.41) is 0.556. The molecule has 6 rings (SSSR count). The second-order valence-electron chi connectivity index (χ2n) is 11.2. The molecule has 1 amide bonds. The lowest BCUT2D eigenvalue weighted by atomic mass is 9.94. The Balaban J connectivity index is 1.19. The van der Waals surface area contributed by atoms with E-state index in [0.29, 0.717) is 46.1 Å². The van der Waals surface area contributed by atoms with E-state index in [4.69, 9.17) is 10.5 Å². The quantitative estimate of drug-likeness (QED) is 0.281. The molecule has 0 spiro atoms. The zero-order valence-electron chi connectivity index (χ0n) is 23.1. The predicted octanol–water partition coefficient (Wildman–Crippen LogP) is 5.61. The second-order valence-corrected chi connectivity index (χ2v) is 12.2. The van der Waals surface area contributed by atoms with Gasteiger partial charge in [-0.1, -0.05) is 0 Å². The van der Waals surface area contributed by atoms with E-state index in [1.165, 1.54) is 17.4 Å². The first-order chi connectivity index (χ1) is 20.2. The zero-order chi connectivity index (χ0) is 30.8. The van der Waals surface area contributed by atoms with Gasteiger partial charge in [0.2, 0.25) is 5.88 Å². The highest BCUT2D eigenvalue weighted by molar-refractivity contribution is 7.17. The number of halogens is 5. The minimum Gasteiger partial charge on any atom is -0.474 e. The number of nitrogens with two attached hydrogens (primary N) is 1. The van der Waals surface area contributed by atoms with Gasteiger partial charge in [0.05, 0.1) is 17.0 Å². The van der Waals surface area contributed by atoms with E-state index in [9.17, 15) is 26.7 Å².